The molecule has 0 bridgehead atoms. The van der Waals surface area contributed by atoms with Gasteiger partial charge in [0, 0.05) is 19.6 Å². The number of hydrogen-bond acceptors (Lipinski definition) is 4. The van der Waals surface area contributed by atoms with Crippen molar-refractivity contribution in [2.75, 3.05) is 31.7 Å². The number of ether oxygens (including phenoxy) is 3. The first-order valence-corrected chi connectivity index (χ1v) is 8.49. The van der Waals surface area contributed by atoms with E-state index < -0.39 is 0 Å². The molecule has 1 unspecified atom stereocenters. The molecule has 1 aromatic rings. The highest BCUT2D eigenvalue weighted by Crippen LogP contribution is 2.33. The summed E-state index contributed by atoms with van der Waals surface area (Å²) in [5.74, 6) is 0.428. The van der Waals surface area contributed by atoms with E-state index in [9.17, 15) is 4.79 Å². The summed E-state index contributed by atoms with van der Waals surface area (Å²) in [4.78, 5) is 12.1. The molecule has 0 spiro atoms. The maximum atomic E-state index is 12.1. The summed E-state index contributed by atoms with van der Waals surface area (Å²) in [6, 6.07) is 5.30. The molecule has 1 aromatic carbocycles. The number of rotatable bonds is 9. The minimum atomic E-state index is -0.0579. The van der Waals surface area contributed by atoms with Crippen LogP contribution in [0.15, 0.2) is 18.2 Å². The van der Waals surface area contributed by atoms with E-state index in [2.05, 4.69) is 5.32 Å². The zero-order chi connectivity index (χ0) is 16.5. The number of carbonyl (C=O) groups is 1. The number of para-hydroxylation sites is 1. The number of carbonyl (C=O) groups excluding carboxylic acids is 1. The normalized spacial score (nSPS) is 17.2. The Morgan fingerprint density at radius 1 is 1.43 bits per heavy atom. The van der Waals surface area contributed by atoms with Crippen molar-refractivity contribution >= 4 is 23.2 Å². The summed E-state index contributed by atoms with van der Waals surface area (Å²) in [5.41, 5.74) is 0.589. The Morgan fingerprint density at radius 3 is 3.04 bits per heavy atom. The predicted octanol–water partition coefficient (Wildman–Crippen LogP) is 3.65. The van der Waals surface area contributed by atoms with Gasteiger partial charge in [0.2, 0.25) is 5.91 Å². The predicted molar refractivity (Wildman–Crippen MR) is 90.3 cm³/mol. The molecule has 23 heavy (non-hydrogen) atoms. The second-order valence-corrected chi connectivity index (χ2v) is 5.79. The monoisotopic (exact) mass is 341 g/mol. The number of nitrogens with one attached hydrogen (secondary N) is 1. The van der Waals surface area contributed by atoms with Crippen molar-refractivity contribution in [1.82, 2.24) is 0 Å². The van der Waals surface area contributed by atoms with Crippen molar-refractivity contribution in [3.63, 3.8) is 0 Å². The lowest BCUT2D eigenvalue weighted by atomic mass is 10.1. The fourth-order valence-electron chi connectivity index (χ4n) is 2.48. The molecule has 5 nitrogen and oxygen atoms in total. The average molecular weight is 342 g/mol. The number of anilines is 1. The molecule has 0 aromatic heterocycles. The van der Waals surface area contributed by atoms with Gasteiger partial charge < -0.3 is 19.5 Å². The van der Waals surface area contributed by atoms with Gasteiger partial charge in [-0.2, -0.15) is 0 Å². The fraction of sp³-hybridized carbons (Fsp3) is 0.588. The van der Waals surface area contributed by atoms with E-state index >= 15 is 0 Å². The topological polar surface area (TPSA) is 56.8 Å². The highest BCUT2D eigenvalue weighted by atomic mass is 35.5. The van der Waals surface area contributed by atoms with Gasteiger partial charge in [0.25, 0.3) is 0 Å². The lowest BCUT2D eigenvalue weighted by Crippen LogP contribution is -2.16. The van der Waals surface area contributed by atoms with Crippen LogP contribution in [0, 0.1) is 0 Å². The van der Waals surface area contributed by atoms with E-state index in [4.69, 9.17) is 25.8 Å². The highest BCUT2D eigenvalue weighted by molar-refractivity contribution is 6.32. The summed E-state index contributed by atoms with van der Waals surface area (Å²) < 4.78 is 16.4. The van der Waals surface area contributed by atoms with Crippen molar-refractivity contribution in [3.05, 3.63) is 23.2 Å². The third-order valence-corrected chi connectivity index (χ3v) is 3.93. The summed E-state index contributed by atoms with van der Waals surface area (Å²) >= 11 is 6.17. The Hall–Kier alpha value is -1.30. The lowest BCUT2D eigenvalue weighted by Gasteiger charge is -2.14. The van der Waals surface area contributed by atoms with Crippen molar-refractivity contribution in [3.8, 4) is 5.75 Å². The molecule has 1 saturated heterocycles. The zero-order valence-corrected chi connectivity index (χ0v) is 14.2. The van der Waals surface area contributed by atoms with Crippen molar-refractivity contribution < 1.29 is 19.0 Å². The van der Waals surface area contributed by atoms with Gasteiger partial charge in [0.15, 0.2) is 5.75 Å². The molecule has 0 saturated carbocycles. The van der Waals surface area contributed by atoms with Crippen LogP contribution in [-0.2, 0) is 14.3 Å². The van der Waals surface area contributed by atoms with Crippen LogP contribution in [-0.4, -0.2) is 38.4 Å². The van der Waals surface area contributed by atoms with E-state index in [0.717, 1.165) is 25.9 Å². The minimum absolute atomic E-state index is 0.0579. The molecule has 1 aliphatic rings. The molecule has 128 valence electrons. The van der Waals surface area contributed by atoms with Gasteiger partial charge in [-0.1, -0.05) is 17.7 Å². The van der Waals surface area contributed by atoms with Crippen LogP contribution < -0.4 is 10.1 Å². The molecule has 1 fully saturated rings. The maximum absolute atomic E-state index is 12.1. The van der Waals surface area contributed by atoms with Gasteiger partial charge in [0.05, 0.1) is 23.4 Å². The molecular formula is C17H24ClNO4. The number of amides is 1. The molecule has 0 aliphatic carbocycles. The Kier molecular flexibility index (Phi) is 7.65. The van der Waals surface area contributed by atoms with E-state index in [1.165, 1.54) is 0 Å². The van der Waals surface area contributed by atoms with Crippen LogP contribution in [0.4, 0.5) is 5.69 Å². The Bertz CT molecular complexity index is 503. The SMILES string of the molecule is CCOCCOc1c(Cl)cccc1NC(=O)CCC1CCCO1. The first-order valence-electron chi connectivity index (χ1n) is 8.11. The van der Waals surface area contributed by atoms with E-state index in [-0.39, 0.29) is 12.0 Å². The van der Waals surface area contributed by atoms with Gasteiger partial charge in [-0.05, 0) is 38.3 Å². The largest absolute Gasteiger partial charge is 0.487 e. The summed E-state index contributed by atoms with van der Waals surface area (Å²) in [6.07, 6.45) is 3.50. The van der Waals surface area contributed by atoms with Gasteiger partial charge in [-0.15, -0.1) is 0 Å². The Labute approximate surface area is 142 Å². The van der Waals surface area contributed by atoms with Gasteiger partial charge in [-0.3, -0.25) is 4.79 Å². The summed E-state index contributed by atoms with van der Waals surface area (Å²) in [6.45, 7) is 4.23. The van der Waals surface area contributed by atoms with Gasteiger partial charge >= 0.3 is 0 Å². The standard InChI is InChI=1S/C17H24ClNO4/c1-2-21-11-12-23-17-14(18)6-3-7-15(17)19-16(20)9-8-13-5-4-10-22-13/h3,6-7,13H,2,4-5,8-12H2,1H3,(H,19,20). The third-order valence-electron chi connectivity index (χ3n) is 3.64. The van der Waals surface area contributed by atoms with Crippen molar-refractivity contribution in [2.24, 2.45) is 0 Å². The number of hydrogen-bond donors (Lipinski definition) is 1. The van der Waals surface area contributed by atoms with Crippen LogP contribution in [0.5, 0.6) is 5.75 Å². The molecular weight excluding hydrogens is 318 g/mol. The quantitative estimate of drug-likeness (QED) is 0.696. The summed E-state index contributed by atoms with van der Waals surface area (Å²) in [7, 11) is 0. The van der Waals surface area contributed by atoms with Crippen LogP contribution in [0.2, 0.25) is 5.02 Å². The van der Waals surface area contributed by atoms with Crippen molar-refractivity contribution in [1.29, 1.82) is 0 Å². The second kappa shape index (κ2) is 9.75. The molecule has 1 aliphatic heterocycles. The van der Waals surface area contributed by atoms with Crippen LogP contribution in [0.1, 0.15) is 32.6 Å². The first kappa shape index (κ1) is 18.0. The van der Waals surface area contributed by atoms with E-state index in [0.29, 0.717) is 42.7 Å². The molecule has 6 heteroatoms. The number of benzene rings is 1. The lowest BCUT2D eigenvalue weighted by molar-refractivity contribution is -0.116. The minimum Gasteiger partial charge on any atom is -0.487 e. The van der Waals surface area contributed by atoms with Gasteiger partial charge in [-0.25, -0.2) is 0 Å². The summed E-state index contributed by atoms with van der Waals surface area (Å²) in [5, 5.41) is 3.34. The second-order valence-electron chi connectivity index (χ2n) is 5.38. The third kappa shape index (κ3) is 6.01. The molecule has 2 rings (SSSR count). The highest BCUT2D eigenvalue weighted by Gasteiger charge is 2.17. The smallest absolute Gasteiger partial charge is 0.224 e. The Morgan fingerprint density at radius 2 is 2.30 bits per heavy atom. The molecule has 1 atom stereocenters. The van der Waals surface area contributed by atoms with E-state index in [1.54, 1.807) is 18.2 Å². The maximum Gasteiger partial charge on any atom is 0.224 e. The van der Waals surface area contributed by atoms with Gasteiger partial charge in [0.1, 0.15) is 6.61 Å². The number of halogens is 1. The zero-order valence-electron chi connectivity index (χ0n) is 13.5. The molecule has 1 N–H and O–H groups in total. The van der Waals surface area contributed by atoms with Crippen LogP contribution >= 0.6 is 11.6 Å². The molecule has 0 radical (unpaired) electrons. The van der Waals surface area contributed by atoms with Crippen LogP contribution in [0.3, 0.4) is 0 Å². The van der Waals surface area contributed by atoms with Crippen LogP contribution in [0.25, 0.3) is 0 Å². The fourth-order valence-corrected chi connectivity index (χ4v) is 2.71. The average Bonchev–Trinajstić information content (AvgIpc) is 3.05. The molecule has 1 heterocycles. The van der Waals surface area contributed by atoms with Crippen molar-refractivity contribution in [2.45, 2.75) is 38.7 Å². The first-order chi connectivity index (χ1) is 11.2. The Balaban J connectivity index is 1.87. The van der Waals surface area contributed by atoms with E-state index in [1.807, 2.05) is 6.92 Å². The molecule has 1 amide bonds.